The molecule has 0 unspecified atom stereocenters. The number of carbonyl (C=O) groups is 1. The van der Waals surface area contributed by atoms with E-state index in [2.05, 4.69) is 14.7 Å². The summed E-state index contributed by atoms with van der Waals surface area (Å²) in [4.78, 5) is 18.5. The molecule has 0 aliphatic heterocycles. The van der Waals surface area contributed by atoms with E-state index >= 15 is 0 Å². The van der Waals surface area contributed by atoms with Crippen molar-refractivity contribution < 1.29 is 27.4 Å². The minimum atomic E-state index is -4.59. The second-order valence-electron chi connectivity index (χ2n) is 2.99. The van der Waals surface area contributed by atoms with Gasteiger partial charge in [-0.05, 0) is 0 Å². The molecule has 1 aromatic heterocycles. The van der Waals surface area contributed by atoms with Crippen LogP contribution in [0.5, 0.6) is 11.8 Å². The van der Waals surface area contributed by atoms with Gasteiger partial charge in [0.2, 0.25) is 11.8 Å². The number of alkyl halides is 3. The molecule has 17 heavy (non-hydrogen) atoms. The average molecular weight is 250 g/mol. The Kier molecular flexibility index (Phi) is 3.87. The van der Waals surface area contributed by atoms with E-state index in [4.69, 9.17) is 4.74 Å². The molecule has 8 heteroatoms. The van der Waals surface area contributed by atoms with E-state index in [9.17, 15) is 18.0 Å². The lowest BCUT2D eigenvalue weighted by Gasteiger charge is -2.08. The summed E-state index contributed by atoms with van der Waals surface area (Å²) in [7, 11) is 2.48. The molecule has 0 bridgehead atoms. The Hall–Kier alpha value is -1.86. The van der Waals surface area contributed by atoms with Crippen LogP contribution in [0.15, 0.2) is 6.20 Å². The lowest BCUT2D eigenvalue weighted by molar-refractivity contribution is -0.125. The minimum Gasteiger partial charge on any atom is -0.480 e. The first-order valence-electron chi connectivity index (χ1n) is 4.42. The molecule has 0 saturated heterocycles. The quantitative estimate of drug-likeness (QED) is 0.760. The van der Waals surface area contributed by atoms with Crippen molar-refractivity contribution in [2.45, 2.75) is 12.6 Å². The second-order valence-corrected chi connectivity index (χ2v) is 2.99. The molecule has 0 spiro atoms. The van der Waals surface area contributed by atoms with Gasteiger partial charge in [0.1, 0.15) is 6.42 Å². The topological polar surface area (TPSA) is 61.3 Å². The van der Waals surface area contributed by atoms with E-state index in [0.717, 1.165) is 6.20 Å². The Morgan fingerprint density at radius 2 is 2.00 bits per heavy atom. The molecule has 0 amide bonds. The highest BCUT2D eigenvalue weighted by Crippen LogP contribution is 2.25. The largest absolute Gasteiger partial charge is 0.480 e. The minimum absolute atomic E-state index is 0.0467. The number of carbonyl (C=O) groups excluding carboxylic acids is 1. The standard InChI is InChI=1S/C9H9F3N2O3/c1-16-6-4-13-7(8(14-6)17-2)5(15)3-9(10,11)12/h4H,3H2,1-2H3. The molecule has 5 nitrogen and oxygen atoms in total. The summed E-state index contributed by atoms with van der Waals surface area (Å²) in [5, 5.41) is 0. The fraction of sp³-hybridized carbons (Fsp3) is 0.444. The first-order valence-corrected chi connectivity index (χ1v) is 4.42. The first-order chi connectivity index (χ1) is 7.87. The number of hydrogen-bond acceptors (Lipinski definition) is 5. The number of hydrogen-bond donors (Lipinski definition) is 0. The van der Waals surface area contributed by atoms with Crippen LogP contribution in [0, 0.1) is 0 Å². The van der Waals surface area contributed by atoms with Gasteiger partial charge in [0.25, 0.3) is 0 Å². The highest BCUT2D eigenvalue weighted by Gasteiger charge is 2.33. The zero-order valence-corrected chi connectivity index (χ0v) is 9.04. The number of Topliss-reactive ketones (excluding diaryl/α,β-unsaturated/α-hetero) is 1. The van der Waals surface area contributed by atoms with E-state index in [1.54, 1.807) is 0 Å². The number of rotatable bonds is 4. The summed E-state index contributed by atoms with van der Waals surface area (Å²) in [6, 6.07) is 0. The van der Waals surface area contributed by atoms with Gasteiger partial charge in [0.05, 0.1) is 20.4 Å². The van der Waals surface area contributed by atoms with Crippen LogP contribution in [-0.2, 0) is 0 Å². The predicted molar refractivity (Wildman–Crippen MR) is 50.1 cm³/mol. The first kappa shape index (κ1) is 13.2. The van der Waals surface area contributed by atoms with Crippen LogP contribution in [0.3, 0.4) is 0 Å². The fourth-order valence-electron chi connectivity index (χ4n) is 1.05. The normalized spacial score (nSPS) is 11.1. The summed E-state index contributed by atoms with van der Waals surface area (Å²) in [5.41, 5.74) is -0.467. The average Bonchev–Trinajstić information content (AvgIpc) is 2.25. The van der Waals surface area contributed by atoms with Crippen LogP contribution in [0.25, 0.3) is 0 Å². The van der Waals surface area contributed by atoms with Crippen LogP contribution in [0.4, 0.5) is 13.2 Å². The lowest BCUT2D eigenvalue weighted by atomic mass is 10.2. The highest BCUT2D eigenvalue weighted by molar-refractivity contribution is 5.96. The Balaban J connectivity index is 3.01. The molecule has 0 aliphatic rings. The van der Waals surface area contributed by atoms with Gasteiger partial charge in [-0.2, -0.15) is 18.2 Å². The molecular weight excluding hydrogens is 241 g/mol. The smallest absolute Gasteiger partial charge is 0.396 e. The molecule has 0 aromatic carbocycles. The molecule has 1 aromatic rings. The Morgan fingerprint density at radius 1 is 1.35 bits per heavy atom. The number of aromatic nitrogens is 2. The maximum atomic E-state index is 12.0. The molecule has 94 valence electrons. The molecule has 0 atom stereocenters. The maximum absolute atomic E-state index is 12.0. The van der Waals surface area contributed by atoms with Gasteiger partial charge in [0, 0.05) is 0 Å². The van der Waals surface area contributed by atoms with Crippen molar-refractivity contribution in [2.75, 3.05) is 14.2 Å². The summed E-state index contributed by atoms with van der Waals surface area (Å²) in [6.45, 7) is 0. The van der Waals surface area contributed by atoms with Crippen molar-refractivity contribution in [2.24, 2.45) is 0 Å². The second kappa shape index (κ2) is 4.98. The van der Waals surface area contributed by atoms with Gasteiger partial charge in [-0.15, -0.1) is 0 Å². The van der Waals surface area contributed by atoms with Gasteiger partial charge in [-0.3, -0.25) is 4.79 Å². The van der Waals surface area contributed by atoms with Crippen molar-refractivity contribution in [1.29, 1.82) is 0 Å². The fourth-order valence-corrected chi connectivity index (χ4v) is 1.05. The van der Waals surface area contributed by atoms with E-state index in [-0.39, 0.29) is 11.8 Å². The summed E-state index contributed by atoms with van der Waals surface area (Å²) in [5.74, 6) is -1.45. The van der Waals surface area contributed by atoms with E-state index in [1.165, 1.54) is 14.2 Å². The third-order valence-corrected chi connectivity index (χ3v) is 1.75. The summed E-state index contributed by atoms with van der Waals surface area (Å²) < 4.78 is 45.5. The van der Waals surface area contributed by atoms with Gasteiger partial charge in [-0.1, -0.05) is 0 Å². The monoisotopic (exact) mass is 250 g/mol. The van der Waals surface area contributed by atoms with E-state index in [1.807, 2.05) is 0 Å². The predicted octanol–water partition coefficient (Wildman–Crippen LogP) is 1.63. The van der Waals surface area contributed by atoms with Gasteiger partial charge in [-0.25, -0.2) is 4.98 Å². The van der Waals surface area contributed by atoms with Crippen LogP contribution in [0.2, 0.25) is 0 Å². The Bertz CT molecular complexity index is 420. The zero-order chi connectivity index (χ0) is 13.1. The SMILES string of the molecule is COc1cnc(C(=O)CC(F)(F)F)c(OC)n1. The number of methoxy groups -OCH3 is 2. The molecule has 1 heterocycles. The van der Waals surface area contributed by atoms with Crippen molar-refractivity contribution in [3.05, 3.63) is 11.9 Å². The van der Waals surface area contributed by atoms with Gasteiger partial charge < -0.3 is 9.47 Å². The van der Waals surface area contributed by atoms with Crippen LogP contribution < -0.4 is 9.47 Å². The van der Waals surface area contributed by atoms with Crippen LogP contribution in [0.1, 0.15) is 16.9 Å². The third kappa shape index (κ3) is 3.58. The highest BCUT2D eigenvalue weighted by atomic mass is 19.4. The van der Waals surface area contributed by atoms with Crippen LogP contribution >= 0.6 is 0 Å². The molecule has 0 saturated carbocycles. The van der Waals surface area contributed by atoms with Gasteiger partial charge >= 0.3 is 6.18 Å². The van der Waals surface area contributed by atoms with Crippen molar-refractivity contribution in [3.63, 3.8) is 0 Å². The summed E-state index contributed by atoms with van der Waals surface area (Å²) >= 11 is 0. The van der Waals surface area contributed by atoms with Crippen molar-refractivity contribution >= 4 is 5.78 Å². The zero-order valence-electron chi connectivity index (χ0n) is 9.04. The number of ketones is 1. The Morgan fingerprint density at radius 3 is 2.47 bits per heavy atom. The number of ether oxygens (including phenoxy) is 2. The number of nitrogens with zero attached hydrogens (tertiary/aromatic N) is 2. The van der Waals surface area contributed by atoms with Crippen LogP contribution in [-0.4, -0.2) is 36.1 Å². The number of halogens is 3. The van der Waals surface area contributed by atoms with Crippen molar-refractivity contribution in [1.82, 2.24) is 9.97 Å². The third-order valence-electron chi connectivity index (χ3n) is 1.75. The van der Waals surface area contributed by atoms with E-state index in [0.29, 0.717) is 0 Å². The molecule has 0 aliphatic carbocycles. The molecule has 1 rings (SSSR count). The lowest BCUT2D eigenvalue weighted by Crippen LogP contribution is -2.17. The summed E-state index contributed by atoms with van der Waals surface area (Å²) in [6.07, 6.45) is -5.15. The van der Waals surface area contributed by atoms with Gasteiger partial charge in [0.15, 0.2) is 11.5 Å². The molecule has 0 fully saturated rings. The van der Waals surface area contributed by atoms with E-state index < -0.39 is 24.1 Å². The Labute approximate surface area is 94.6 Å². The molecular formula is C9H9F3N2O3. The maximum Gasteiger partial charge on any atom is 0.396 e. The molecule has 0 radical (unpaired) electrons. The van der Waals surface area contributed by atoms with Crippen molar-refractivity contribution in [3.8, 4) is 11.8 Å². The molecule has 0 N–H and O–H groups in total.